The van der Waals surface area contributed by atoms with E-state index in [-0.39, 0.29) is 17.9 Å². The van der Waals surface area contributed by atoms with Gasteiger partial charge in [-0.1, -0.05) is 0 Å². The SMILES string of the molecule is CC(C)(C)OC(=O)NC(C(=O)N1CCNCC1)C1CCN(C(=O)OC(C)(C)C)CC1. The van der Waals surface area contributed by atoms with Gasteiger partial charge in [-0.3, -0.25) is 4.79 Å². The Bertz CT molecular complexity index is 612. The van der Waals surface area contributed by atoms with Gasteiger partial charge in [-0.25, -0.2) is 9.59 Å². The number of amides is 3. The summed E-state index contributed by atoms with van der Waals surface area (Å²) in [5.74, 6) is -0.156. The number of nitrogens with one attached hydrogen (secondary N) is 2. The lowest BCUT2D eigenvalue weighted by atomic mass is 9.88. The molecule has 0 aliphatic carbocycles. The molecule has 1 atom stereocenters. The van der Waals surface area contributed by atoms with Crippen molar-refractivity contribution in [2.75, 3.05) is 39.3 Å². The van der Waals surface area contributed by atoms with Crippen molar-refractivity contribution in [3.63, 3.8) is 0 Å². The number of ether oxygens (including phenoxy) is 2. The topological polar surface area (TPSA) is 100 Å². The average Bonchev–Trinajstić information content (AvgIpc) is 2.64. The van der Waals surface area contributed by atoms with Crippen LogP contribution in [0.5, 0.6) is 0 Å². The van der Waals surface area contributed by atoms with Crippen LogP contribution < -0.4 is 10.6 Å². The lowest BCUT2D eigenvalue weighted by molar-refractivity contribution is -0.136. The Hall–Kier alpha value is -2.03. The minimum absolute atomic E-state index is 0.0707. The van der Waals surface area contributed by atoms with E-state index in [1.807, 2.05) is 20.8 Å². The van der Waals surface area contributed by atoms with Crippen LogP contribution in [0.15, 0.2) is 0 Å². The zero-order valence-corrected chi connectivity index (χ0v) is 19.2. The maximum Gasteiger partial charge on any atom is 0.410 e. The molecule has 2 saturated heterocycles. The Morgan fingerprint density at radius 3 is 1.90 bits per heavy atom. The van der Waals surface area contributed by atoms with Crippen LogP contribution in [-0.2, 0) is 14.3 Å². The number of piperazine rings is 1. The maximum absolute atomic E-state index is 13.2. The normalized spacial score (nSPS) is 19.8. The van der Waals surface area contributed by atoms with Gasteiger partial charge in [0.1, 0.15) is 17.2 Å². The van der Waals surface area contributed by atoms with Gasteiger partial charge in [0.05, 0.1) is 0 Å². The molecule has 0 saturated carbocycles. The fourth-order valence-corrected chi connectivity index (χ4v) is 3.64. The fraction of sp³-hybridized carbons (Fsp3) is 0.857. The summed E-state index contributed by atoms with van der Waals surface area (Å²) < 4.78 is 10.8. The average molecular weight is 427 g/mol. The Kier molecular flexibility index (Phi) is 7.96. The Morgan fingerprint density at radius 2 is 1.40 bits per heavy atom. The molecule has 2 aliphatic heterocycles. The van der Waals surface area contributed by atoms with E-state index in [1.54, 1.807) is 30.6 Å². The molecule has 9 nitrogen and oxygen atoms in total. The van der Waals surface area contributed by atoms with Gasteiger partial charge in [-0.2, -0.15) is 0 Å². The molecule has 0 bridgehead atoms. The van der Waals surface area contributed by atoms with E-state index >= 15 is 0 Å². The molecular formula is C21H38N4O5. The van der Waals surface area contributed by atoms with Gasteiger partial charge in [0.2, 0.25) is 5.91 Å². The van der Waals surface area contributed by atoms with Crippen molar-refractivity contribution in [3.8, 4) is 0 Å². The third kappa shape index (κ3) is 7.66. The number of likely N-dealkylation sites (tertiary alicyclic amines) is 1. The van der Waals surface area contributed by atoms with E-state index in [9.17, 15) is 14.4 Å². The second-order valence-corrected chi connectivity index (χ2v) is 10.0. The van der Waals surface area contributed by atoms with Gasteiger partial charge < -0.3 is 29.9 Å². The molecule has 2 fully saturated rings. The summed E-state index contributed by atoms with van der Waals surface area (Å²) in [5.41, 5.74) is -1.19. The molecule has 30 heavy (non-hydrogen) atoms. The highest BCUT2D eigenvalue weighted by Gasteiger charge is 2.37. The first-order chi connectivity index (χ1) is 13.9. The summed E-state index contributed by atoms with van der Waals surface area (Å²) in [6, 6.07) is -0.668. The van der Waals surface area contributed by atoms with E-state index in [0.717, 1.165) is 13.1 Å². The molecule has 0 radical (unpaired) electrons. The number of alkyl carbamates (subject to hydrolysis) is 1. The third-order valence-electron chi connectivity index (χ3n) is 5.03. The largest absolute Gasteiger partial charge is 0.444 e. The van der Waals surface area contributed by atoms with Crippen molar-refractivity contribution in [3.05, 3.63) is 0 Å². The van der Waals surface area contributed by atoms with Crippen molar-refractivity contribution in [1.29, 1.82) is 0 Å². The van der Waals surface area contributed by atoms with Crippen LogP contribution in [0.1, 0.15) is 54.4 Å². The number of nitrogens with zero attached hydrogens (tertiary/aromatic N) is 2. The number of hydrogen-bond donors (Lipinski definition) is 2. The van der Waals surface area contributed by atoms with Crippen LogP contribution in [-0.4, -0.2) is 84.4 Å². The van der Waals surface area contributed by atoms with Crippen molar-refractivity contribution in [2.45, 2.75) is 71.6 Å². The molecule has 0 aromatic rings. The molecule has 0 spiro atoms. The lowest BCUT2D eigenvalue weighted by Crippen LogP contribution is -2.58. The molecule has 172 valence electrons. The number of hydrogen-bond acceptors (Lipinski definition) is 6. The second-order valence-electron chi connectivity index (χ2n) is 10.0. The van der Waals surface area contributed by atoms with Crippen LogP contribution in [0.3, 0.4) is 0 Å². The summed E-state index contributed by atoms with van der Waals surface area (Å²) in [6.45, 7) is 14.6. The van der Waals surface area contributed by atoms with Crippen LogP contribution in [0.2, 0.25) is 0 Å². The highest BCUT2D eigenvalue weighted by molar-refractivity contribution is 5.86. The predicted molar refractivity (Wildman–Crippen MR) is 113 cm³/mol. The van der Waals surface area contributed by atoms with E-state index in [4.69, 9.17) is 9.47 Å². The lowest BCUT2D eigenvalue weighted by Gasteiger charge is -2.39. The van der Waals surface area contributed by atoms with Gasteiger partial charge in [-0.15, -0.1) is 0 Å². The number of carbonyl (C=O) groups excluding carboxylic acids is 3. The minimum Gasteiger partial charge on any atom is -0.444 e. The first-order valence-electron chi connectivity index (χ1n) is 10.8. The molecule has 9 heteroatoms. The van der Waals surface area contributed by atoms with Crippen molar-refractivity contribution >= 4 is 18.1 Å². The molecule has 2 N–H and O–H groups in total. The van der Waals surface area contributed by atoms with E-state index in [2.05, 4.69) is 10.6 Å². The molecule has 1 unspecified atom stereocenters. The zero-order chi connectivity index (χ0) is 22.5. The molecule has 0 aromatic heterocycles. The Balaban J connectivity index is 2.04. The smallest absolute Gasteiger partial charge is 0.410 e. The van der Waals surface area contributed by atoms with E-state index < -0.39 is 23.3 Å². The number of rotatable bonds is 3. The van der Waals surface area contributed by atoms with Crippen LogP contribution in [0, 0.1) is 5.92 Å². The quantitative estimate of drug-likeness (QED) is 0.716. The van der Waals surface area contributed by atoms with Gasteiger partial charge in [0, 0.05) is 39.3 Å². The van der Waals surface area contributed by atoms with Gasteiger partial charge >= 0.3 is 12.2 Å². The van der Waals surface area contributed by atoms with E-state index in [1.165, 1.54) is 0 Å². The first-order valence-corrected chi connectivity index (χ1v) is 10.8. The van der Waals surface area contributed by atoms with Gasteiger partial charge in [0.15, 0.2) is 0 Å². The fourth-order valence-electron chi connectivity index (χ4n) is 3.64. The molecule has 2 heterocycles. The van der Waals surface area contributed by atoms with Crippen LogP contribution >= 0.6 is 0 Å². The summed E-state index contributed by atoms with van der Waals surface area (Å²) in [7, 11) is 0. The highest BCUT2D eigenvalue weighted by atomic mass is 16.6. The van der Waals surface area contributed by atoms with Gasteiger partial charge in [0.25, 0.3) is 0 Å². The summed E-state index contributed by atoms with van der Waals surface area (Å²) in [5, 5.41) is 6.05. The Labute approximate surface area is 179 Å². The monoisotopic (exact) mass is 426 g/mol. The molecular weight excluding hydrogens is 388 g/mol. The van der Waals surface area contributed by atoms with Crippen LogP contribution in [0.4, 0.5) is 9.59 Å². The molecule has 2 aliphatic rings. The summed E-state index contributed by atoms with van der Waals surface area (Å²) >= 11 is 0. The standard InChI is InChI=1S/C21H38N4O5/c1-20(2,3)29-18(27)23-16(17(26)24-13-9-22-10-14-24)15-7-11-25(12-8-15)19(28)30-21(4,5)6/h15-16,22H,7-14H2,1-6H3,(H,23,27). The van der Waals surface area contributed by atoms with Crippen LogP contribution in [0.25, 0.3) is 0 Å². The number of piperidine rings is 1. The zero-order valence-electron chi connectivity index (χ0n) is 19.2. The molecule has 0 aromatic carbocycles. The van der Waals surface area contributed by atoms with Crippen molar-refractivity contribution in [2.24, 2.45) is 5.92 Å². The van der Waals surface area contributed by atoms with E-state index in [0.29, 0.717) is 39.0 Å². The molecule has 3 amide bonds. The summed E-state index contributed by atoms with van der Waals surface area (Å²) in [4.78, 5) is 41.4. The first kappa shape index (κ1) is 24.2. The van der Waals surface area contributed by atoms with Crippen molar-refractivity contribution in [1.82, 2.24) is 20.4 Å². The summed E-state index contributed by atoms with van der Waals surface area (Å²) in [6.07, 6.45) is 0.284. The second kappa shape index (κ2) is 9.85. The predicted octanol–water partition coefficient (Wildman–Crippen LogP) is 1.96. The Morgan fingerprint density at radius 1 is 0.867 bits per heavy atom. The molecule has 2 rings (SSSR count). The maximum atomic E-state index is 13.2. The third-order valence-corrected chi connectivity index (χ3v) is 5.03. The minimum atomic E-state index is -0.668. The number of carbonyl (C=O) groups is 3. The van der Waals surface area contributed by atoms with Gasteiger partial charge in [-0.05, 0) is 60.3 Å². The van der Waals surface area contributed by atoms with Crippen molar-refractivity contribution < 1.29 is 23.9 Å². The highest BCUT2D eigenvalue weighted by Crippen LogP contribution is 2.24.